The third-order valence-electron chi connectivity index (χ3n) is 3.60. The van der Waals surface area contributed by atoms with Crippen molar-refractivity contribution in [2.24, 2.45) is 0 Å². The summed E-state index contributed by atoms with van der Waals surface area (Å²) in [5.41, 5.74) is 0.975. The summed E-state index contributed by atoms with van der Waals surface area (Å²) in [6.45, 7) is 4.49. The molecule has 0 aromatic heterocycles. The highest BCUT2D eigenvalue weighted by Crippen LogP contribution is 2.39. The summed E-state index contributed by atoms with van der Waals surface area (Å²) in [6, 6.07) is 4.98. The number of rotatable bonds is 7. The summed E-state index contributed by atoms with van der Waals surface area (Å²) < 4.78 is 0. The second-order valence-corrected chi connectivity index (χ2v) is 7.35. The van der Waals surface area contributed by atoms with Crippen LogP contribution in [0.25, 0.3) is 5.57 Å². The molecule has 2 amide bonds. The molecule has 0 N–H and O–H groups in total. The second-order valence-electron chi connectivity index (χ2n) is 5.23. The Hall–Kier alpha value is -0.970. The van der Waals surface area contributed by atoms with E-state index < -0.39 is 0 Å². The van der Waals surface area contributed by atoms with E-state index in [2.05, 4.69) is 6.92 Å². The van der Waals surface area contributed by atoms with Gasteiger partial charge in [-0.05, 0) is 24.3 Å². The van der Waals surface area contributed by atoms with Gasteiger partial charge in [0.2, 0.25) is 0 Å². The summed E-state index contributed by atoms with van der Waals surface area (Å²) in [5, 5.41) is 0.888. The SMILES string of the molecule is CCCCCN1C(=O)C(SCC)=C(c2ccc(Cl)cc2Cl)C1=O. The molecule has 0 spiro atoms. The number of halogens is 2. The van der Waals surface area contributed by atoms with Gasteiger partial charge in [0.15, 0.2) is 0 Å². The molecule has 0 aliphatic carbocycles. The number of hydrogen-bond donors (Lipinski definition) is 0. The lowest BCUT2D eigenvalue weighted by Gasteiger charge is -2.14. The van der Waals surface area contributed by atoms with Crippen LogP contribution < -0.4 is 0 Å². The molecule has 0 fully saturated rings. The van der Waals surface area contributed by atoms with E-state index in [0.717, 1.165) is 19.3 Å². The molecule has 0 bridgehead atoms. The van der Waals surface area contributed by atoms with Crippen LogP contribution in [0.1, 0.15) is 38.7 Å². The molecule has 1 heterocycles. The van der Waals surface area contributed by atoms with E-state index in [1.54, 1.807) is 18.2 Å². The fourth-order valence-electron chi connectivity index (χ4n) is 2.48. The van der Waals surface area contributed by atoms with Crippen molar-refractivity contribution < 1.29 is 9.59 Å². The first-order valence-corrected chi connectivity index (χ1v) is 9.44. The minimum Gasteiger partial charge on any atom is -0.274 e. The maximum Gasteiger partial charge on any atom is 0.267 e. The predicted octanol–water partition coefficient (Wildman–Crippen LogP) is 5.02. The van der Waals surface area contributed by atoms with Crippen molar-refractivity contribution in [1.82, 2.24) is 4.90 Å². The highest BCUT2D eigenvalue weighted by Gasteiger charge is 2.39. The van der Waals surface area contributed by atoms with Crippen molar-refractivity contribution in [2.45, 2.75) is 33.1 Å². The van der Waals surface area contributed by atoms with E-state index in [4.69, 9.17) is 23.2 Å². The first kappa shape index (κ1) is 18.4. The molecule has 1 aromatic rings. The first-order chi connectivity index (χ1) is 11.0. The zero-order chi connectivity index (χ0) is 17.0. The summed E-state index contributed by atoms with van der Waals surface area (Å²) in [6.07, 6.45) is 2.85. The lowest BCUT2D eigenvalue weighted by Crippen LogP contribution is -2.32. The number of thioether (sulfide) groups is 1. The van der Waals surface area contributed by atoms with E-state index >= 15 is 0 Å². The molecule has 1 aliphatic rings. The smallest absolute Gasteiger partial charge is 0.267 e. The van der Waals surface area contributed by atoms with Gasteiger partial charge in [-0.2, -0.15) is 0 Å². The fraction of sp³-hybridized carbons (Fsp3) is 0.412. The number of benzene rings is 1. The van der Waals surface area contributed by atoms with Crippen molar-refractivity contribution in [3.8, 4) is 0 Å². The van der Waals surface area contributed by atoms with E-state index in [-0.39, 0.29) is 11.8 Å². The molecule has 1 aromatic carbocycles. The molecule has 124 valence electrons. The number of nitrogens with zero attached hydrogens (tertiary/aromatic N) is 1. The first-order valence-electron chi connectivity index (χ1n) is 7.69. The summed E-state index contributed by atoms with van der Waals surface area (Å²) >= 11 is 13.6. The lowest BCUT2D eigenvalue weighted by molar-refractivity contribution is -0.136. The topological polar surface area (TPSA) is 37.4 Å². The normalized spacial score (nSPS) is 15.0. The molecule has 3 nitrogen and oxygen atoms in total. The Morgan fingerprint density at radius 2 is 1.83 bits per heavy atom. The van der Waals surface area contributed by atoms with Crippen LogP contribution in [0.2, 0.25) is 10.0 Å². The van der Waals surface area contributed by atoms with E-state index in [1.165, 1.54) is 16.7 Å². The van der Waals surface area contributed by atoms with Crippen molar-refractivity contribution >= 4 is 52.4 Å². The van der Waals surface area contributed by atoms with Crippen molar-refractivity contribution in [3.05, 3.63) is 38.7 Å². The Labute approximate surface area is 151 Å². The number of amides is 2. The van der Waals surface area contributed by atoms with Crippen molar-refractivity contribution in [2.75, 3.05) is 12.3 Å². The number of carbonyl (C=O) groups excluding carboxylic acids is 2. The van der Waals surface area contributed by atoms with E-state index in [0.29, 0.717) is 38.4 Å². The maximum atomic E-state index is 12.8. The van der Waals surface area contributed by atoms with Crippen LogP contribution in [0, 0.1) is 0 Å². The molecule has 0 atom stereocenters. The molecular formula is C17H19Cl2NO2S. The molecular weight excluding hydrogens is 353 g/mol. The van der Waals surface area contributed by atoms with Crippen LogP contribution in [0.5, 0.6) is 0 Å². The quantitative estimate of drug-likeness (QED) is 0.498. The van der Waals surface area contributed by atoms with Gasteiger partial charge in [-0.3, -0.25) is 14.5 Å². The Kier molecular flexibility index (Phi) is 6.57. The standard InChI is InChI=1S/C17H19Cl2NO2S/c1-3-5-6-9-20-16(21)14(15(17(20)22)23-4-2)12-8-7-11(18)10-13(12)19/h7-8,10H,3-6,9H2,1-2H3. The Balaban J connectivity index is 2.40. The van der Waals surface area contributed by atoms with Crippen LogP contribution in [-0.2, 0) is 9.59 Å². The monoisotopic (exact) mass is 371 g/mol. The number of hydrogen-bond acceptors (Lipinski definition) is 3. The largest absolute Gasteiger partial charge is 0.274 e. The van der Waals surface area contributed by atoms with E-state index in [9.17, 15) is 9.59 Å². The zero-order valence-electron chi connectivity index (χ0n) is 13.2. The molecule has 0 radical (unpaired) electrons. The van der Waals surface area contributed by atoms with Crippen LogP contribution in [-0.4, -0.2) is 29.0 Å². The predicted molar refractivity (Wildman–Crippen MR) is 97.8 cm³/mol. The van der Waals surface area contributed by atoms with Crippen LogP contribution >= 0.6 is 35.0 Å². The Morgan fingerprint density at radius 3 is 2.43 bits per heavy atom. The third-order valence-corrected chi connectivity index (χ3v) is 5.10. The molecule has 6 heteroatoms. The van der Waals surface area contributed by atoms with Gasteiger partial charge in [-0.1, -0.05) is 56.0 Å². The van der Waals surface area contributed by atoms with Gasteiger partial charge >= 0.3 is 0 Å². The number of imide groups is 1. The fourth-order valence-corrected chi connectivity index (χ4v) is 3.85. The minimum atomic E-state index is -0.258. The lowest BCUT2D eigenvalue weighted by atomic mass is 10.1. The van der Waals surface area contributed by atoms with Crippen molar-refractivity contribution in [3.63, 3.8) is 0 Å². The van der Waals surface area contributed by atoms with Gasteiger partial charge in [0.25, 0.3) is 11.8 Å². The molecule has 0 unspecified atom stereocenters. The van der Waals surface area contributed by atoms with Crippen LogP contribution in [0.3, 0.4) is 0 Å². The highest BCUT2D eigenvalue weighted by atomic mass is 35.5. The van der Waals surface area contributed by atoms with Gasteiger partial charge in [0, 0.05) is 17.1 Å². The average Bonchev–Trinajstić information content (AvgIpc) is 2.73. The molecule has 2 rings (SSSR count). The highest BCUT2D eigenvalue weighted by molar-refractivity contribution is 8.04. The van der Waals surface area contributed by atoms with Crippen LogP contribution in [0.15, 0.2) is 23.1 Å². The Bertz CT molecular complexity index is 658. The average molecular weight is 372 g/mol. The Morgan fingerprint density at radius 1 is 1.09 bits per heavy atom. The summed E-state index contributed by atoms with van der Waals surface area (Å²) in [7, 11) is 0. The summed E-state index contributed by atoms with van der Waals surface area (Å²) in [4.78, 5) is 27.2. The van der Waals surface area contributed by atoms with Crippen molar-refractivity contribution in [1.29, 1.82) is 0 Å². The second kappa shape index (κ2) is 8.22. The van der Waals surface area contributed by atoms with Gasteiger partial charge < -0.3 is 0 Å². The number of carbonyl (C=O) groups is 2. The minimum absolute atomic E-state index is 0.209. The maximum absolute atomic E-state index is 12.8. The van der Waals surface area contributed by atoms with Gasteiger partial charge in [0.05, 0.1) is 15.5 Å². The van der Waals surface area contributed by atoms with Gasteiger partial charge in [-0.15, -0.1) is 11.8 Å². The summed E-state index contributed by atoms with van der Waals surface area (Å²) in [5.74, 6) is 0.247. The van der Waals surface area contributed by atoms with E-state index in [1.807, 2.05) is 6.92 Å². The molecule has 0 saturated carbocycles. The number of unbranched alkanes of at least 4 members (excludes halogenated alkanes) is 2. The molecule has 23 heavy (non-hydrogen) atoms. The molecule has 1 aliphatic heterocycles. The van der Waals surface area contributed by atoms with Gasteiger partial charge in [0.1, 0.15) is 0 Å². The third kappa shape index (κ3) is 3.93. The van der Waals surface area contributed by atoms with Crippen LogP contribution in [0.4, 0.5) is 0 Å². The zero-order valence-corrected chi connectivity index (χ0v) is 15.5. The molecule has 0 saturated heterocycles. The van der Waals surface area contributed by atoms with Gasteiger partial charge in [-0.25, -0.2) is 0 Å².